The maximum atomic E-state index is 11.6. The van der Waals surface area contributed by atoms with Gasteiger partial charge in [0.1, 0.15) is 0 Å². The molecule has 1 aliphatic rings. The summed E-state index contributed by atoms with van der Waals surface area (Å²) in [7, 11) is 0. The lowest BCUT2D eigenvalue weighted by Crippen LogP contribution is -2.12. The second kappa shape index (κ2) is 13.7. The normalized spacial score (nSPS) is 13.0. The molecule has 0 radical (unpaired) electrons. The average Bonchev–Trinajstić information content (AvgIpc) is 3.04. The summed E-state index contributed by atoms with van der Waals surface area (Å²) in [5.41, 5.74) is 1.90. The van der Waals surface area contributed by atoms with E-state index in [9.17, 15) is 4.79 Å². The standard InChI is InChI=1S/C18H26INO5S/c19-4-5-22-6-7-23-8-9-24-10-11-25-12-13-26-17-3-1-2-15-16(17)14-20-18(15)21/h1-3H,4-14H2,(H,20,21). The van der Waals surface area contributed by atoms with Gasteiger partial charge in [-0.1, -0.05) is 28.7 Å². The highest BCUT2D eigenvalue weighted by Crippen LogP contribution is 2.28. The summed E-state index contributed by atoms with van der Waals surface area (Å²) in [5.74, 6) is 0.873. The van der Waals surface area contributed by atoms with Crippen molar-refractivity contribution < 1.29 is 23.7 Å². The maximum Gasteiger partial charge on any atom is 0.251 e. The van der Waals surface area contributed by atoms with Crippen molar-refractivity contribution in [2.75, 3.05) is 63.0 Å². The second-order valence-electron chi connectivity index (χ2n) is 5.45. The molecule has 0 aromatic heterocycles. The van der Waals surface area contributed by atoms with Gasteiger partial charge in [0.2, 0.25) is 0 Å². The minimum atomic E-state index is 0.0213. The number of halogens is 1. The van der Waals surface area contributed by atoms with E-state index in [-0.39, 0.29) is 5.91 Å². The Morgan fingerprint density at radius 2 is 1.54 bits per heavy atom. The molecule has 0 saturated heterocycles. The van der Waals surface area contributed by atoms with Crippen molar-refractivity contribution >= 4 is 40.3 Å². The van der Waals surface area contributed by atoms with Gasteiger partial charge in [-0.3, -0.25) is 4.79 Å². The van der Waals surface area contributed by atoms with Crippen LogP contribution in [-0.2, 0) is 25.5 Å². The highest BCUT2D eigenvalue weighted by molar-refractivity contribution is 14.1. The number of carbonyl (C=O) groups excluding carboxylic acids is 1. The predicted octanol–water partition coefficient (Wildman–Crippen LogP) is 2.52. The van der Waals surface area contributed by atoms with Crippen molar-refractivity contribution in [1.29, 1.82) is 0 Å². The summed E-state index contributed by atoms with van der Waals surface area (Å²) >= 11 is 4.00. The predicted molar refractivity (Wildman–Crippen MR) is 110 cm³/mol. The summed E-state index contributed by atoms with van der Waals surface area (Å²) in [6.45, 7) is 5.60. The average molecular weight is 495 g/mol. The Bertz CT molecular complexity index is 546. The lowest BCUT2D eigenvalue weighted by atomic mass is 10.1. The minimum Gasteiger partial charge on any atom is -0.378 e. The smallest absolute Gasteiger partial charge is 0.251 e. The molecule has 0 aliphatic carbocycles. The van der Waals surface area contributed by atoms with Gasteiger partial charge in [-0.2, -0.15) is 0 Å². The molecular formula is C18H26INO5S. The number of benzene rings is 1. The molecule has 0 saturated carbocycles. The first-order valence-corrected chi connectivity index (χ1v) is 11.2. The molecular weight excluding hydrogens is 469 g/mol. The molecule has 0 spiro atoms. The molecule has 0 unspecified atom stereocenters. The number of hydrogen-bond donors (Lipinski definition) is 1. The molecule has 26 heavy (non-hydrogen) atoms. The van der Waals surface area contributed by atoms with Gasteiger partial charge in [0.25, 0.3) is 5.91 Å². The number of nitrogens with one attached hydrogen (secondary N) is 1. The first-order valence-electron chi connectivity index (χ1n) is 8.72. The maximum absolute atomic E-state index is 11.6. The summed E-state index contributed by atoms with van der Waals surface area (Å²) in [5, 5.41) is 2.86. The molecule has 6 nitrogen and oxygen atoms in total. The Morgan fingerprint density at radius 3 is 2.19 bits per heavy atom. The van der Waals surface area contributed by atoms with Crippen LogP contribution in [0.1, 0.15) is 15.9 Å². The quantitative estimate of drug-likeness (QED) is 0.175. The molecule has 146 valence electrons. The topological polar surface area (TPSA) is 66.0 Å². The molecule has 0 bridgehead atoms. The van der Waals surface area contributed by atoms with Crippen LogP contribution in [0.5, 0.6) is 0 Å². The van der Waals surface area contributed by atoms with E-state index in [1.54, 1.807) is 11.8 Å². The molecule has 2 rings (SSSR count). The monoisotopic (exact) mass is 495 g/mol. The van der Waals surface area contributed by atoms with Crippen LogP contribution in [-0.4, -0.2) is 68.9 Å². The largest absolute Gasteiger partial charge is 0.378 e. The molecule has 8 heteroatoms. The minimum absolute atomic E-state index is 0.0213. The van der Waals surface area contributed by atoms with Crippen molar-refractivity contribution in [3.63, 3.8) is 0 Å². The van der Waals surface area contributed by atoms with E-state index < -0.39 is 0 Å². The Balaban J connectivity index is 1.41. The van der Waals surface area contributed by atoms with Gasteiger partial charge < -0.3 is 24.3 Å². The first kappa shape index (κ1) is 21.9. The fourth-order valence-electron chi connectivity index (χ4n) is 2.39. The number of thioether (sulfide) groups is 1. The van der Waals surface area contributed by atoms with E-state index in [1.807, 2.05) is 12.1 Å². The van der Waals surface area contributed by atoms with Crippen LogP contribution >= 0.6 is 34.4 Å². The van der Waals surface area contributed by atoms with Gasteiger partial charge in [-0.15, -0.1) is 11.8 Å². The van der Waals surface area contributed by atoms with E-state index in [4.69, 9.17) is 18.9 Å². The zero-order valence-corrected chi connectivity index (χ0v) is 17.8. The summed E-state index contributed by atoms with van der Waals surface area (Å²) in [6, 6.07) is 5.86. The number of ether oxygens (including phenoxy) is 4. The van der Waals surface area contributed by atoms with Crippen LogP contribution < -0.4 is 5.32 Å². The number of rotatable bonds is 15. The zero-order chi connectivity index (χ0) is 18.5. The summed E-state index contributed by atoms with van der Waals surface area (Å²) in [6.07, 6.45) is 0. The molecule has 1 aliphatic heterocycles. The lowest BCUT2D eigenvalue weighted by Gasteiger charge is -2.08. The Labute approximate surface area is 172 Å². The van der Waals surface area contributed by atoms with Crippen molar-refractivity contribution in [3.05, 3.63) is 29.3 Å². The van der Waals surface area contributed by atoms with Crippen LogP contribution in [0.15, 0.2) is 23.1 Å². The lowest BCUT2D eigenvalue weighted by molar-refractivity contribution is 0.00161. The van der Waals surface area contributed by atoms with E-state index in [0.717, 1.165) is 32.8 Å². The number of fused-ring (bicyclic) bond motifs is 1. The molecule has 1 aromatic carbocycles. The van der Waals surface area contributed by atoms with Crippen LogP contribution in [0.2, 0.25) is 0 Å². The highest BCUT2D eigenvalue weighted by atomic mass is 127. The third kappa shape index (κ3) is 8.10. The number of carbonyl (C=O) groups is 1. The molecule has 0 fully saturated rings. The molecule has 1 N–H and O–H groups in total. The third-order valence-electron chi connectivity index (χ3n) is 3.63. The Hall–Kier alpha value is -0.390. The first-order chi connectivity index (χ1) is 12.8. The number of alkyl halides is 1. The fraction of sp³-hybridized carbons (Fsp3) is 0.611. The van der Waals surface area contributed by atoms with E-state index in [0.29, 0.717) is 52.8 Å². The Kier molecular flexibility index (Phi) is 11.6. The number of hydrogen-bond acceptors (Lipinski definition) is 6. The molecule has 0 atom stereocenters. The highest BCUT2D eigenvalue weighted by Gasteiger charge is 2.20. The summed E-state index contributed by atoms with van der Waals surface area (Å²) < 4.78 is 22.7. The van der Waals surface area contributed by atoms with Gasteiger partial charge in [-0.05, 0) is 17.7 Å². The fourth-order valence-corrected chi connectivity index (χ4v) is 3.65. The van der Waals surface area contributed by atoms with Gasteiger partial charge in [-0.25, -0.2) is 0 Å². The molecule has 1 aromatic rings. The molecule has 1 amide bonds. The molecule has 1 heterocycles. The van der Waals surface area contributed by atoms with Crippen molar-refractivity contribution in [2.45, 2.75) is 11.4 Å². The third-order valence-corrected chi connectivity index (χ3v) is 5.13. The SMILES string of the molecule is O=C1NCc2c(SCCOCCOCCOCCOCCI)cccc21. The van der Waals surface area contributed by atoms with E-state index in [2.05, 4.69) is 34.0 Å². The van der Waals surface area contributed by atoms with Crippen LogP contribution in [0.3, 0.4) is 0 Å². The Morgan fingerprint density at radius 1 is 0.923 bits per heavy atom. The van der Waals surface area contributed by atoms with Crippen LogP contribution in [0, 0.1) is 0 Å². The van der Waals surface area contributed by atoms with Crippen molar-refractivity contribution in [3.8, 4) is 0 Å². The van der Waals surface area contributed by atoms with Gasteiger partial charge in [0, 0.05) is 27.2 Å². The van der Waals surface area contributed by atoms with Crippen LogP contribution in [0.4, 0.5) is 0 Å². The van der Waals surface area contributed by atoms with Crippen LogP contribution in [0.25, 0.3) is 0 Å². The summed E-state index contributed by atoms with van der Waals surface area (Å²) in [4.78, 5) is 12.8. The van der Waals surface area contributed by atoms with Gasteiger partial charge >= 0.3 is 0 Å². The van der Waals surface area contributed by atoms with E-state index in [1.165, 1.54) is 0 Å². The zero-order valence-electron chi connectivity index (χ0n) is 14.8. The van der Waals surface area contributed by atoms with Crippen molar-refractivity contribution in [1.82, 2.24) is 5.32 Å². The van der Waals surface area contributed by atoms with Crippen molar-refractivity contribution in [2.24, 2.45) is 0 Å². The van der Waals surface area contributed by atoms with Gasteiger partial charge in [0.15, 0.2) is 0 Å². The second-order valence-corrected chi connectivity index (χ2v) is 7.67. The van der Waals surface area contributed by atoms with E-state index >= 15 is 0 Å². The van der Waals surface area contributed by atoms with Gasteiger partial charge in [0.05, 0.1) is 52.9 Å². The number of amides is 1.